The highest BCUT2D eigenvalue weighted by molar-refractivity contribution is 7.99. The maximum atomic E-state index is 5.78. The quantitative estimate of drug-likeness (QED) is 0.774. The van der Waals surface area contributed by atoms with E-state index in [1.54, 1.807) is 0 Å². The van der Waals surface area contributed by atoms with Crippen LogP contribution in [-0.4, -0.2) is 49.7 Å². The van der Waals surface area contributed by atoms with Crippen molar-refractivity contribution in [2.24, 2.45) is 0 Å². The third-order valence-corrected chi connectivity index (χ3v) is 4.24. The van der Waals surface area contributed by atoms with E-state index in [0.717, 1.165) is 25.3 Å². The van der Waals surface area contributed by atoms with Crippen LogP contribution in [-0.2, 0) is 6.54 Å². The molecule has 0 saturated carbocycles. The average molecular weight is 280 g/mol. The molecule has 1 saturated heterocycles. The van der Waals surface area contributed by atoms with Crippen molar-refractivity contribution in [3.63, 3.8) is 0 Å². The Kier molecular flexibility index (Phi) is 6.54. The topological polar surface area (TPSA) is 24.5 Å². The van der Waals surface area contributed by atoms with Gasteiger partial charge in [0.2, 0.25) is 0 Å². The standard InChI is InChI=1S/C15H24N2OS/c1-16-13-14-3-5-15(6-4-14)18-10-2-7-17-8-11-19-12-9-17/h3-6,16H,2,7-13H2,1H3. The zero-order chi connectivity index (χ0) is 13.3. The van der Waals surface area contributed by atoms with E-state index in [2.05, 4.69) is 46.2 Å². The molecule has 0 bridgehead atoms. The summed E-state index contributed by atoms with van der Waals surface area (Å²) in [5, 5.41) is 3.14. The predicted molar refractivity (Wildman–Crippen MR) is 83.1 cm³/mol. The Bertz CT molecular complexity index is 350. The van der Waals surface area contributed by atoms with Crippen molar-refractivity contribution in [1.82, 2.24) is 10.2 Å². The lowest BCUT2D eigenvalue weighted by Crippen LogP contribution is -2.33. The minimum atomic E-state index is 0.815. The summed E-state index contributed by atoms with van der Waals surface area (Å²) in [6, 6.07) is 8.36. The molecule has 19 heavy (non-hydrogen) atoms. The molecule has 0 atom stereocenters. The Hall–Kier alpha value is -0.710. The van der Waals surface area contributed by atoms with Crippen LogP contribution in [0.2, 0.25) is 0 Å². The van der Waals surface area contributed by atoms with E-state index < -0.39 is 0 Å². The SMILES string of the molecule is CNCc1ccc(OCCCN2CCSCC2)cc1. The minimum absolute atomic E-state index is 0.815. The molecule has 106 valence electrons. The van der Waals surface area contributed by atoms with E-state index in [4.69, 9.17) is 4.74 Å². The summed E-state index contributed by atoms with van der Waals surface area (Å²) in [4.78, 5) is 2.54. The Morgan fingerprint density at radius 2 is 1.95 bits per heavy atom. The second-order valence-electron chi connectivity index (χ2n) is 4.83. The zero-order valence-electron chi connectivity index (χ0n) is 11.7. The molecular formula is C15H24N2OS. The lowest BCUT2D eigenvalue weighted by Gasteiger charge is -2.25. The summed E-state index contributed by atoms with van der Waals surface area (Å²) in [6.45, 7) is 5.37. The molecule has 0 aliphatic carbocycles. The summed E-state index contributed by atoms with van der Waals surface area (Å²) in [6.07, 6.45) is 1.11. The second kappa shape index (κ2) is 8.46. The molecule has 0 aromatic heterocycles. The van der Waals surface area contributed by atoms with Crippen LogP contribution < -0.4 is 10.1 Å². The van der Waals surface area contributed by atoms with E-state index in [9.17, 15) is 0 Å². The van der Waals surface area contributed by atoms with Crippen molar-refractivity contribution >= 4 is 11.8 Å². The predicted octanol–water partition coefficient (Wildman–Crippen LogP) is 2.22. The Balaban J connectivity index is 1.62. The number of hydrogen-bond donors (Lipinski definition) is 1. The average Bonchev–Trinajstić information content (AvgIpc) is 2.47. The molecule has 0 spiro atoms. The summed E-state index contributed by atoms with van der Waals surface area (Å²) >= 11 is 2.06. The number of ether oxygens (including phenoxy) is 1. The fourth-order valence-electron chi connectivity index (χ4n) is 2.21. The molecule has 3 nitrogen and oxygen atoms in total. The number of thioether (sulfide) groups is 1. The fraction of sp³-hybridized carbons (Fsp3) is 0.600. The number of hydrogen-bond acceptors (Lipinski definition) is 4. The van der Waals surface area contributed by atoms with E-state index >= 15 is 0 Å². The van der Waals surface area contributed by atoms with Gasteiger partial charge in [-0.1, -0.05) is 12.1 Å². The van der Waals surface area contributed by atoms with Crippen molar-refractivity contribution in [2.75, 3.05) is 44.8 Å². The van der Waals surface area contributed by atoms with Crippen molar-refractivity contribution in [2.45, 2.75) is 13.0 Å². The molecule has 2 rings (SSSR count). The van der Waals surface area contributed by atoms with Gasteiger partial charge in [-0.3, -0.25) is 0 Å². The minimum Gasteiger partial charge on any atom is -0.494 e. The van der Waals surface area contributed by atoms with Gasteiger partial charge in [0.05, 0.1) is 6.61 Å². The van der Waals surface area contributed by atoms with Gasteiger partial charge in [0.15, 0.2) is 0 Å². The van der Waals surface area contributed by atoms with Crippen molar-refractivity contribution in [3.8, 4) is 5.75 Å². The van der Waals surface area contributed by atoms with E-state index in [1.165, 1.54) is 36.7 Å². The van der Waals surface area contributed by atoms with Gasteiger partial charge in [-0.15, -0.1) is 0 Å². The van der Waals surface area contributed by atoms with Gasteiger partial charge in [-0.2, -0.15) is 11.8 Å². The number of benzene rings is 1. The van der Waals surface area contributed by atoms with Gasteiger partial charge >= 0.3 is 0 Å². The molecule has 1 aromatic rings. The first-order valence-corrected chi connectivity index (χ1v) is 8.20. The smallest absolute Gasteiger partial charge is 0.119 e. The first kappa shape index (κ1) is 14.7. The summed E-state index contributed by atoms with van der Waals surface area (Å²) in [5.41, 5.74) is 1.29. The summed E-state index contributed by atoms with van der Waals surface area (Å²) < 4.78 is 5.78. The van der Waals surface area contributed by atoms with Crippen LogP contribution in [0.25, 0.3) is 0 Å². The highest BCUT2D eigenvalue weighted by atomic mass is 32.2. The normalized spacial score (nSPS) is 16.5. The van der Waals surface area contributed by atoms with E-state index in [-0.39, 0.29) is 0 Å². The van der Waals surface area contributed by atoms with Crippen LogP contribution in [0.1, 0.15) is 12.0 Å². The molecule has 4 heteroatoms. The van der Waals surface area contributed by atoms with Gasteiger partial charge in [-0.25, -0.2) is 0 Å². The maximum absolute atomic E-state index is 5.78. The largest absolute Gasteiger partial charge is 0.494 e. The molecule has 1 fully saturated rings. The third-order valence-electron chi connectivity index (χ3n) is 3.30. The van der Waals surface area contributed by atoms with Crippen molar-refractivity contribution < 1.29 is 4.74 Å². The highest BCUT2D eigenvalue weighted by Gasteiger charge is 2.09. The van der Waals surface area contributed by atoms with Crippen LogP contribution >= 0.6 is 11.8 Å². The summed E-state index contributed by atoms with van der Waals surface area (Å²) in [7, 11) is 1.96. The Labute approximate surface area is 120 Å². The molecule has 1 heterocycles. The van der Waals surface area contributed by atoms with Gasteiger partial charge in [0.25, 0.3) is 0 Å². The van der Waals surface area contributed by atoms with Gasteiger partial charge < -0.3 is 15.0 Å². The molecular weight excluding hydrogens is 256 g/mol. The second-order valence-corrected chi connectivity index (χ2v) is 6.06. The van der Waals surface area contributed by atoms with Crippen molar-refractivity contribution in [3.05, 3.63) is 29.8 Å². The van der Waals surface area contributed by atoms with Crippen LogP contribution in [0.3, 0.4) is 0 Å². The van der Waals surface area contributed by atoms with Crippen LogP contribution in [0, 0.1) is 0 Å². The molecule has 0 radical (unpaired) electrons. The van der Waals surface area contributed by atoms with Gasteiger partial charge in [0.1, 0.15) is 5.75 Å². The third kappa shape index (κ3) is 5.43. The first-order valence-electron chi connectivity index (χ1n) is 7.05. The monoisotopic (exact) mass is 280 g/mol. The van der Waals surface area contributed by atoms with Gasteiger partial charge in [-0.05, 0) is 31.2 Å². The molecule has 0 unspecified atom stereocenters. The van der Waals surface area contributed by atoms with Crippen LogP contribution in [0.4, 0.5) is 0 Å². The number of nitrogens with zero attached hydrogens (tertiary/aromatic N) is 1. The lowest BCUT2D eigenvalue weighted by molar-refractivity contribution is 0.248. The molecule has 0 amide bonds. The zero-order valence-corrected chi connectivity index (χ0v) is 12.5. The summed E-state index contributed by atoms with van der Waals surface area (Å²) in [5.74, 6) is 3.55. The van der Waals surface area contributed by atoms with Crippen LogP contribution in [0.15, 0.2) is 24.3 Å². The van der Waals surface area contributed by atoms with Crippen LogP contribution in [0.5, 0.6) is 5.75 Å². The lowest BCUT2D eigenvalue weighted by atomic mass is 10.2. The Morgan fingerprint density at radius 3 is 2.63 bits per heavy atom. The molecule has 1 aromatic carbocycles. The first-order chi connectivity index (χ1) is 9.38. The molecule has 1 N–H and O–H groups in total. The molecule has 1 aliphatic heterocycles. The Morgan fingerprint density at radius 1 is 1.21 bits per heavy atom. The number of nitrogens with one attached hydrogen (secondary N) is 1. The van der Waals surface area contributed by atoms with Gasteiger partial charge in [0, 0.05) is 37.7 Å². The number of rotatable bonds is 7. The van der Waals surface area contributed by atoms with Crippen molar-refractivity contribution in [1.29, 1.82) is 0 Å². The van der Waals surface area contributed by atoms with E-state index in [0.29, 0.717) is 0 Å². The highest BCUT2D eigenvalue weighted by Crippen LogP contribution is 2.13. The molecule has 1 aliphatic rings. The fourth-order valence-corrected chi connectivity index (χ4v) is 3.19. The maximum Gasteiger partial charge on any atom is 0.119 e. The van der Waals surface area contributed by atoms with E-state index in [1.807, 2.05) is 7.05 Å².